The molecule has 0 amide bonds. The summed E-state index contributed by atoms with van der Waals surface area (Å²) in [5, 5.41) is 0. The van der Waals surface area contributed by atoms with Crippen molar-refractivity contribution in [3.63, 3.8) is 0 Å². The zero-order valence-electron chi connectivity index (χ0n) is 4.72. The van der Waals surface area contributed by atoms with E-state index in [0.717, 1.165) is 0 Å². The molecule has 8 heavy (non-hydrogen) atoms. The summed E-state index contributed by atoms with van der Waals surface area (Å²) < 4.78 is 0. The summed E-state index contributed by atoms with van der Waals surface area (Å²) in [4.78, 5) is 0. The summed E-state index contributed by atoms with van der Waals surface area (Å²) in [5.74, 6) is 0. The van der Waals surface area contributed by atoms with Gasteiger partial charge in [0, 0.05) is 9.52 Å². The summed E-state index contributed by atoms with van der Waals surface area (Å²) in [6, 6.07) is 0. The van der Waals surface area contributed by atoms with Gasteiger partial charge in [0.25, 0.3) is 0 Å². The van der Waals surface area contributed by atoms with Crippen molar-refractivity contribution in [3.05, 3.63) is 0 Å². The molecule has 0 aromatic rings. The van der Waals surface area contributed by atoms with E-state index in [1.54, 1.807) is 0 Å². The fourth-order valence-corrected chi connectivity index (χ4v) is 0. The van der Waals surface area contributed by atoms with E-state index in [9.17, 15) is 0 Å². The van der Waals surface area contributed by atoms with Crippen LogP contribution in [-0.4, -0.2) is 9.52 Å². The zero-order chi connectivity index (χ0) is 2.71. The first-order valence-corrected chi connectivity index (χ1v) is 4.24. The molecule has 0 saturated carbocycles. The molecular weight excluding hydrogens is 242 g/mol. The van der Waals surface area contributed by atoms with Crippen molar-refractivity contribution < 1.29 is 71.3 Å². The molecule has 0 nitrogen and oxygen atoms in total. The Bertz CT molecular complexity index is 14.0. The maximum atomic E-state index is 2.26. The summed E-state index contributed by atoms with van der Waals surface area (Å²) in [6.07, 6.45) is 0. The third kappa shape index (κ3) is 93.0. The van der Waals surface area contributed by atoms with Crippen LogP contribution in [-0.2, 0) is 21.7 Å². The summed E-state index contributed by atoms with van der Waals surface area (Å²) in [5.41, 5.74) is 0. The predicted molar refractivity (Wildman–Crippen MR) is 20.3 cm³/mol. The van der Waals surface area contributed by atoms with Crippen LogP contribution in [0.25, 0.3) is 0 Å². The van der Waals surface area contributed by atoms with Crippen molar-refractivity contribution >= 4 is 9.52 Å². The molecule has 0 heterocycles. The van der Waals surface area contributed by atoms with Gasteiger partial charge in [-0.3, -0.25) is 0 Å². The number of hydrogen-bond acceptors (Lipinski definition) is 0. The van der Waals surface area contributed by atoms with Crippen molar-refractivity contribution in [1.82, 2.24) is 0 Å². The molecule has 6 heteroatoms. The van der Waals surface area contributed by atoms with Crippen LogP contribution in [0.2, 0.25) is 13.1 Å². The Morgan fingerprint density at radius 2 is 0.750 bits per heavy atom. The predicted octanol–water partition coefficient (Wildman–Crippen LogP) is -11.7. The van der Waals surface area contributed by atoms with Gasteiger partial charge in [-0.25, -0.2) is 0 Å². The Morgan fingerprint density at radius 3 is 0.750 bits per heavy atom. The first kappa shape index (κ1) is 49.8. The van der Waals surface area contributed by atoms with E-state index in [1.807, 2.05) is 0 Å². The van der Waals surface area contributed by atoms with Crippen LogP contribution < -0.4 is 49.6 Å². The van der Waals surface area contributed by atoms with E-state index in [4.69, 9.17) is 0 Å². The number of halogens is 4. The molecule has 0 radical (unpaired) electrons. The molecular formula is C2H8Cl4SiTi. The topological polar surface area (TPSA) is 0 Å². The molecule has 0 atom stereocenters. The van der Waals surface area contributed by atoms with E-state index < -0.39 is 0 Å². The molecule has 0 aliphatic carbocycles. The second-order valence-electron chi connectivity index (χ2n) is 0.707. The van der Waals surface area contributed by atoms with E-state index in [2.05, 4.69) is 13.1 Å². The standard InChI is InChI=1S/C2H8Si.4ClH.Ti/c1-3-2;;;;;/h3H2,1-2H3;4*1H;/q;;;;;+4/p-4. The van der Waals surface area contributed by atoms with Gasteiger partial charge in [0.15, 0.2) is 0 Å². The SMILES string of the molecule is C[SiH2]C.[Cl-].[Cl-].[Cl-].[Cl-].[Ti+4]. The fourth-order valence-electron chi connectivity index (χ4n) is 0. The average Bonchev–Trinajstić information content (AvgIpc) is 0.918. The molecule has 52 valence electrons. The molecule has 0 saturated heterocycles. The largest absolute Gasteiger partial charge is 4.00 e. The minimum Gasteiger partial charge on any atom is -1.00 e. The van der Waals surface area contributed by atoms with Crippen LogP contribution >= 0.6 is 0 Å². The second-order valence-corrected chi connectivity index (χ2v) is 2.12. The average molecular weight is 250 g/mol. The molecule has 0 aliphatic heterocycles. The molecule has 0 aliphatic rings. The van der Waals surface area contributed by atoms with Gasteiger partial charge < -0.3 is 49.6 Å². The van der Waals surface area contributed by atoms with Crippen molar-refractivity contribution in [2.75, 3.05) is 0 Å². The van der Waals surface area contributed by atoms with Crippen LogP contribution in [0.5, 0.6) is 0 Å². The normalized spacial score (nSPS) is 2.25. The zero-order valence-corrected chi connectivity index (χ0v) is 10.7. The molecule has 0 fully saturated rings. The maximum absolute atomic E-state index is 2.26. The van der Waals surface area contributed by atoms with Gasteiger partial charge in [0.2, 0.25) is 0 Å². The molecule has 0 spiro atoms. The summed E-state index contributed by atoms with van der Waals surface area (Å²) in [6.45, 7) is 4.53. The molecule has 0 unspecified atom stereocenters. The molecule has 0 bridgehead atoms. The minimum absolute atomic E-state index is 0. The van der Waals surface area contributed by atoms with Crippen molar-refractivity contribution in [3.8, 4) is 0 Å². The van der Waals surface area contributed by atoms with Gasteiger partial charge in [0.05, 0.1) is 0 Å². The smallest absolute Gasteiger partial charge is 1.00 e. The van der Waals surface area contributed by atoms with Gasteiger partial charge in [-0.1, -0.05) is 13.1 Å². The second kappa shape index (κ2) is 62.3. The first-order valence-electron chi connectivity index (χ1n) is 1.41. The molecule has 0 N–H and O–H groups in total. The Balaban J connectivity index is -0.00000000200. The molecule has 0 aromatic heterocycles. The Kier molecular flexibility index (Phi) is 388. The Hall–Kier alpha value is 2.09. The van der Waals surface area contributed by atoms with Crippen LogP contribution in [0.3, 0.4) is 0 Å². The van der Waals surface area contributed by atoms with Crippen LogP contribution in [0.15, 0.2) is 0 Å². The molecule has 0 aromatic carbocycles. The van der Waals surface area contributed by atoms with E-state index in [0.29, 0.717) is 9.52 Å². The van der Waals surface area contributed by atoms with Gasteiger partial charge in [-0.15, -0.1) is 0 Å². The third-order valence-corrected chi connectivity index (χ3v) is 0. The van der Waals surface area contributed by atoms with Crippen molar-refractivity contribution in [1.29, 1.82) is 0 Å². The molecule has 0 rings (SSSR count). The van der Waals surface area contributed by atoms with Crippen molar-refractivity contribution in [2.24, 2.45) is 0 Å². The van der Waals surface area contributed by atoms with E-state index in [-0.39, 0.29) is 71.3 Å². The van der Waals surface area contributed by atoms with Gasteiger partial charge in [-0.2, -0.15) is 0 Å². The Morgan fingerprint density at radius 1 is 0.750 bits per heavy atom. The quantitative estimate of drug-likeness (QED) is 0.374. The van der Waals surface area contributed by atoms with Crippen LogP contribution in [0.1, 0.15) is 0 Å². The maximum Gasteiger partial charge on any atom is 4.00 e. The monoisotopic (exact) mass is 248 g/mol. The van der Waals surface area contributed by atoms with Crippen LogP contribution in [0, 0.1) is 0 Å². The Labute approximate surface area is 93.3 Å². The first-order chi connectivity index (χ1) is 1.41. The number of hydrogen-bond donors (Lipinski definition) is 0. The van der Waals surface area contributed by atoms with Gasteiger partial charge >= 0.3 is 21.7 Å². The summed E-state index contributed by atoms with van der Waals surface area (Å²) in [7, 11) is 0.417. The van der Waals surface area contributed by atoms with Gasteiger partial charge in [0.1, 0.15) is 0 Å². The third-order valence-electron chi connectivity index (χ3n) is 0. The van der Waals surface area contributed by atoms with E-state index in [1.165, 1.54) is 0 Å². The fraction of sp³-hybridized carbons (Fsp3) is 1.00. The van der Waals surface area contributed by atoms with Crippen LogP contribution in [0.4, 0.5) is 0 Å². The summed E-state index contributed by atoms with van der Waals surface area (Å²) >= 11 is 0. The minimum atomic E-state index is 0. The number of rotatable bonds is 0. The van der Waals surface area contributed by atoms with Gasteiger partial charge in [-0.05, 0) is 0 Å². The van der Waals surface area contributed by atoms with Crippen molar-refractivity contribution in [2.45, 2.75) is 13.1 Å². The van der Waals surface area contributed by atoms with E-state index >= 15 is 0 Å².